The lowest BCUT2D eigenvalue weighted by Gasteiger charge is -2.20. The van der Waals surface area contributed by atoms with E-state index in [-0.39, 0.29) is 18.4 Å². The van der Waals surface area contributed by atoms with Gasteiger partial charge in [0.25, 0.3) is 0 Å². The number of carbonyl (C=O) groups is 1. The number of nitrogens with one attached hydrogen (secondary N) is 1. The summed E-state index contributed by atoms with van der Waals surface area (Å²) in [5.74, 6) is -0.560. The van der Waals surface area contributed by atoms with Crippen LogP contribution in [-0.4, -0.2) is 36.4 Å². The first-order chi connectivity index (χ1) is 9.11. The number of halogens is 1. The van der Waals surface area contributed by atoms with E-state index in [1.54, 1.807) is 0 Å². The largest absolute Gasteiger partial charge is 0.327 e. The third-order valence-corrected chi connectivity index (χ3v) is 6.75. The maximum Gasteiger partial charge on any atom is 0.247 e. The molecule has 0 saturated heterocycles. The Morgan fingerprint density at radius 2 is 2.10 bits per heavy atom. The molecular weight excluding hydrogens is 334 g/mol. The van der Waals surface area contributed by atoms with Crippen LogP contribution in [0, 0.1) is 0 Å². The van der Waals surface area contributed by atoms with E-state index in [1.807, 2.05) is 0 Å². The summed E-state index contributed by atoms with van der Waals surface area (Å²) >= 11 is 1.38. The van der Waals surface area contributed by atoms with Gasteiger partial charge < -0.3 is 11.1 Å². The van der Waals surface area contributed by atoms with Gasteiger partial charge in [-0.15, -0.1) is 23.7 Å². The zero-order valence-corrected chi connectivity index (χ0v) is 14.6. The van der Waals surface area contributed by atoms with Crippen molar-refractivity contribution >= 4 is 44.6 Å². The first-order valence-electron chi connectivity index (χ1n) is 6.36. The van der Waals surface area contributed by atoms with E-state index in [2.05, 4.69) is 10.3 Å². The molecule has 0 aliphatic heterocycles. The van der Waals surface area contributed by atoms with Gasteiger partial charge in [0.2, 0.25) is 5.91 Å². The van der Waals surface area contributed by atoms with Crippen molar-refractivity contribution in [2.45, 2.75) is 43.9 Å². The van der Waals surface area contributed by atoms with Crippen LogP contribution in [0.2, 0.25) is 0 Å². The molecule has 0 spiro atoms. The van der Waals surface area contributed by atoms with Crippen molar-refractivity contribution in [3.63, 3.8) is 0 Å². The standard InChI is InChI=1S/C12H19N3O3S2.ClH/c1-12(2,20(3,17)18)10(16)15-11-14-8-5-4-7(13)6-9(8)19-11;/h7H,4-6,13H2,1-3H3,(H,14,15,16);1H/t7-;/m0./s1. The van der Waals surface area contributed by atoms with E-state index in [4.69, 9.17) is 5.73 Å². The van der Waals surface area contributed by atoms with Crippen LogP contribution in [0.3, 0.4) is 0 Å². The highest BCUT2D eigenvalue weighted by Crippen LogP contribution is 2.30. The number of nitrogens with two attached hydrogens (primary N) is 1. The van der Waals surface area contributed by atoms with Crippen LogP contribution in [-0.2, 0) is 27.5 Å². The van der Waals surface area contributed by atoms with Crippen LogP contribution < -0.4 is 11.1 Å². The molecule has 1 aromatic heterocycles. The monoisotopic (exact) mass is 353 g/mol. The Hall–Kier alpha value is -0.700. The summed E-state index contributed by atoms with van der Waals surface area (Å²) in [6.45, 7) is 2.78. The van der Waals surface area contributed by atoms with Gasteiger partial charge in [0.15, 0.2) is 15.0 Å². The SMILES string of the molecule is CC(C)(C(=O)Nc1nc2c(s1)C[C@@H](N)CC2)S(C)(=O)=O.Cl. The molecule has 0 fully saturated rings. The summed E-state index contributed by atoms with van der Waals surface area (Å²) in [5.41, 5.74) is 6.86. The Morgan fingerprint density at radius 3 is 2.67 bits per heavy atom. The fourth-order valence-electron chi connectivity index (χ4n) is 1.87. The van der Waals surface area contributed by atoms with Crippen molar-refractivity contribution in [1.29, 1.82) is 0 Å². The van der Waals surface area contributed by atoms with Crippen molar-refractivity contribution < 1.29 is 13.2 Å². The number of hydrogen-bond donors (Lipinski definition) is 2. The van der Waals surface area contributed by atoms with Crippen molar-refractivity contribution in [3.05, 3.63) is 10.6 Å². The Morgan fingerprint density at radius 1 is 1.48 bits per heavy atom. The number of aromatic nitrogens is 1. The predicted octanol–water partition coefficient (Wildman–Crippen LogP) is 1.14. The molecule has 1 aliphatic rings. The van der Waals surface area contributed by atoms with E-state index < -0.39 is 20.5 Å². The molecule has 1 heterocycles. The van der Waals surface area contributed by atoms with Gasteiger partial charge in [0.1, 0.15) is 4.75 Å². The molecule has 1 atom stereocenters. The highest BCUT2D eigenvalue weighted by Gasteiger charge is 2.39. The van der Waals surface area contributed by atoms with Crippen molar-refractivity contribution in [2.24, 2.45) is 5.73 Å². The van der Waals surface area contributed by atoms with E-state index in [9.17, 15) is 13.2 Å². The molecule has 0 aromatic carbocycles. The van der Waals surface area contributed by atoms with Gasteiger partial charge in [-0.2, -0.15) is 0 Å². The summed E-state index contributed by atoms with van der Waals surface area (Å²) < 4.78 is 21.8. The minimum Gasteiger partial charge on any atom is -0.327 e. The number of thiazole rings is 1. The second kappa shape index (κ2) is 6.20. The fraction of sp³-hybridized carbons (Fsp3) is 0.667. The predicted molar refractivity (Wildman–Crippen MR) is 86.9 cm³/mol. The molecule has 1 aromatic rings. The van der Waals surface area contributed by atoms with Gasteiger partial charge in [-0.3, -0.25) is 4.79 Å². The molecule has 120 valence electrons. The minimum absolute atomic E-state index is 0. The second-order valence-electron chi connectivity index (χ2n) is 5.63. The Labute approximate surface area is 134 Å². The molecule has 9 heteroatoms. The van der Waals surface area contributed by atoms with Crippen LogP contribution in [0.4, 0.5) is 5.13 Å². The van der Waals surface area contributed by atoms with Crippen LogP contribution in [0.15, 0.2) is 0 Å². The average Bonchev–Trinajstić information content (AvgIpc) is 2.68. The summed E-state index contributed by atoms with van der Waals surface area (Å²) in [5, 5.41) is 3.06. The number of amides is 1. The van der Waals surface area contributed by atoms with Crippen LogP contribution in [0.5, 0.6) is 0 Å². The summed E-state index contributed by atoms with van der Waals surface area (Å²) in [6.07, 6.45) is 3.51. The average molecular weight is 354 g/mol. The Kier molecular flexibility index (Phi) is 5.41. The van der Waals surface area contributed by atoms with Crippen LogP contribution in [0.25, 0.3) is 0 Å². The fourth-order valence-corrected chi connectivity index (χ4v) is 3.35. The number of carbonyl (C=O) groups excluding carboxylic acids is 1. The van der Waals surface area contributed by atoms with Crippen LogP contribution >= 0.6 is 23.7 Å². The molecule has 21 heavy (non-hydrogen) atoms. The molecular formula is C12H20ClN3O3S2. The van der Waals surface area contributed by atoms with Gasteiger partial charge in [-0.05, 0) is 33.1 Å². The minimum atomic E-state index is -3.49. The third kappa shape index (κ3) is 3.74. The van der Waals surface area contributed by atoms with Crippen LogP contribution in [0.1, 0.15) is 30.8 Å². The second-order valence-corrected chi connectivity index (χ2v) is 9.28. The van der Waals surface area contributed by atoms with Crippen molar-refractivity contribution in [1.82, 2.24) is 4.98 Å². The summed E-state index contributed by atoms with van der Waals surface area (Å²) in [7, 11) is -3.49. The van der Waals surface area contributed by atoms with E-state index >= 15 is 0 Å². The maximum absolute atomic E-state index is 12.1. The van der Waals surface area contributed by atoms with Gasteiger partial charge in [0.05, 0.1) is 5.69 Å². The first-order valence-corrected chi connectivity index (χ1v) is 9.07. The number of hydrogen-bond acceptors (Lipinski definition) is 6. The quantitative estimate of drug-likeness (QED) is 0.848. The maximum atomic E-state index is 12.1. The number of fused-ring (bicyclic) bond motifs is 1. The number of anilines is 1. The normalized spacial score (nSPS) is 18.6. The third-order valence-electron chi connectivity index (χ3n) is 3.67. The van der Waals surface area contributed by atoms with E-state index in [0.29, 0.717) is 5.13 Å². The highest BCUT2D eigenvalue weighted by molar-refractivity contribution is 7.92. The molecule has 0 radical (unpaired) electrons. The van der Waals surface area contributed by atoms with E-state index in [1.165, 1.54) is 25.2 Å². The van der Waals surface area contributed by atoms with Crippen molar-refractivity contribution in [3.8, 4) is 0 Å². The lowest BCUT2D eigenvalue weighted by Crippen LogP contribution is -2.43. The molecule has 1 aliphatic carbocycles. The molecule has 0 saturated carbocycles. The van der Waals surface area contributed by atoms with Gasteiger partial charge in [-0.1, -0.05) is 0 Å². The van der Waals surface area contributed by atoms with Gasteiger partial charge in [0, 0.05) is 17.2 Å². The summed E-state index contributed by atoms with van der Waals surface area (Å²) in [4.78, 5) is 17.5. The van der Waals surface area contributed by atoms with Gasteiger partial charge in [-0.25, -0.2) is 13.4 Å². The van der Waals surface area contributed by atoms with Crippen molar-refractivity contribution in [2.75, 3.05) is 11.6 Å². The smallest absolute Gasteiger partial charge is 0.247 e. The number of sulfone groups is 1. The molecule has 6 nitrogen and oxygen atoms in total. The molecule has 2 rings (SSSR count). The number of rotatable bonds is 3. The Balaban J connectivity index is 0.00000220. The molecule has 0 unspecified atom stereocenters. The number of aryl methyl sites for hydroxylation is 1. The zero-order chi connectivity index (χ0) is 15.1. The summed E-state index contributed by atoms with van der Waals surface area (Å²) in [6, 6.07) is 0.138. The lowest BCUT2D eigenvalue weighted by atomic mass is 9.99. The highest BCUT2D eigenvalue weighted by atomic mass is 35.5. The first kappa shape index (κ1) is 18.3. The van der Waals surface area contributed by atoms with E-state index in [0.717, 1.165) is 36.1 Å². The Bertz CT molecular complexity index is 640. The zero-order valence-electron chi connectivity index (χ0n) is 12.2. The lowest BCUT2D eigenvalue weighted by molar-refractivity contribution is -0.117. The topological polar surface area (TPSA) is 102 Å². The van der Waals surface area contributed by atoms with Gasteiger partial charge >= 0.3 is 0 Å². The number of nitrogens with zero attached hydrogens (tertiary/aromatic N) is 1. The molecule has 1 amide bonds. The molecule has 3 N–H and O–H groups in total. The molecule has 0 bridgehead atoms.